The fourth-order valence-electron chi connectivity index (χ4n) is 2.83. The van der Waals surface area contributed by atoms with E-state index in [9.17, 15) is 4.79 Å². The number of nitrogens with one attached hydrogen (secondary N) is 1. The lowest BCUT2D eigenvalue weighted by atomic mass is 9.95. The molecule has 0 saturated carbocycles. The lowest BCUT2D eigenvalue weighted by Gasteiger charge is -2.37. The highest BCUT2D eigenvalue weighted by Crippen LogP contribution is 2.21. The zero-order chi connectivity index (χ0) is 13.1. The van der Waals surface area contributed by atoms with Gasteiger partial charge in [-0.25, -0.2) is 0 Å². The third-order valence-electron chi connectivity index (χ3n) is 4.23. The molecule has 2 saturated heterocycles. The van der Waals surface area contributed by atoms with Crippen molar-refractivity contribution >= 4 is 5.91 Å². The normalized spacial score (nSPS) is 36.9. The van der Waals surface area contributed by atoms with Crippen LogP contribution in [0.15, 0.2) is 0 Å². The molecule has 2 fully saturated rings. The first-order valence-electron chi connectivity index (χ1n) is 6.73. The lowest BCUT2D eigenvalue weighted by molar-refractivity contribution is -0.138. The molecular formula is C13H24N2O3. The smallest absolute Gasteiger partial charge is 0.239 e. The maximum atomic E-state index is 12.4. The number of nitrogens with zero attached hydrogens (tertiary/aromatic N) is 1. The minimum atomic E-state index is -0.0825. The Labute approximate surface area is 109 Å². The molecule has 0 spiro atoms. The van der Waals surface area contributed by atoms with Gasteiger partial charge in [-0.3, -0.25) is 4.79 Å². The van der Waals surface area contributed by atoms with Gasteiger partial charge < -0.3 is 19.7 Å². The first-order chi connectivity index (χ1) is 8.65. The molecule has 2 aliphatic rings. The average molecular weight is 256 g/mol. The molecule has 2 rings (SSSR count). The standard InChI is InChI=1S/C13H24N2O3/c1-9-4-5-15(8-12(9)18-3)13(16)11-6-10(17-2)7-14-11/h9-12,14H,4-8H2,1-3H3. The molecule has 2 heterocycles. The number of carbonyl (C=O) groups excluding carboxylic acids is 1. The fraction of sp³-hybridized carbons (Fsp3) is 0.923. The summed E-state index contributed by atoms with van der Waals surface area (Å²) in [5.41, 5.74) is 0. The quantitative estimate of drug-likeness (QED) is 0.786. The highest BCUT2D eigenvalue weighted by Gasteiger charge is 2.35. The maximum Gasteiger partial charge on any atom is 0.239 e. The zero-order valence-corrected chi connectivity index (χ0v) is 11.5. The van der Waals surface area contributed by atoms with E-state index in [1.54, 1.807) is 14.2 Å². The van der Waals surface area contributed by atoms with Gasteiger partial charge in [-0.2, -0.15) is 0 Å². The van der Waals surface area contributed by atoms with Gasteiger partial charge in [0.2, 0.25) is 5.91 Å². The summed E-state index contributed by atoms with van der Waals surface area (Å²) in [4.78, 5) is 14.3. The van der Waals surface area contributed by atoms with Gasteiger partial charge >= 0.3 is 0 Å². The van der Waals surface area contributed by atoms with Crippen LogP contribution in [0.25, 0.3) is 0 Å². The number of piperidine rings is 1. The Morgan fingerprint density at radius 3 is 2.72 bits per heavy atom. The second kappa shape index (κ2) is 5.99. The van der Waals surface area contributed by atoms with Gasteiger partial charge in [0.15, 0.2) is 0 Å². The van der Waals surface area contributed by atoms with Crippen LogP contribution in [0.2, 0.25) is 0 Å². The molecule has 0 aromatic rings. The Balaban J connectivity index is 1.89. The molecule has 5 nitrogen and oxygen atoms in total. The largest absolute Gasteiger partial charge is 0.380 e. The number of rotatable bonds is 3. The van der Waals surface area contributed by atoms with Crippen molar-refractivity contribution in [1.82, 2.24) is 10.2 Å². The predicted molar refractivity (Wildman–Crippen MR) is 68.4 cm³/mol. The molecule has 0 bridgehead atoms. The minimum Gasteiger partial charge on any atom is -0.380 e. The summed E-state index contributed by atoms with van der Waals surface area (Å²) in [6.07, 6.45) is 2.13. The first kappa shape index (κ1) is 13.8. The van der Waals surface area contributed by atoms with Gasteiger partial charge in [-0.15, -0.1) is 0 Å². The average Bonchev–Trinajstić information content (AvgIpc) is 2.87. The van der Waals surface area contributed by atoms with Crippen molar-refractivity contribution in [2.45, 2.75) is 38.0 Å². The zero-order valence-electron chi connectivity index (χ0n) is 11.5. The molecule has 4 unspecified atom stereocenters. The molecule has 0 aromatic heterocycles. The topological polar surface area (TPSA) is 50.8 Å². The Morgan fingerprint density at radius 1 is 1.33 bits per heavy atom. The van der Waals surface area contributed by atoms with Crippen LogP contribution in [0, 0.1) is 5.92 Å². The van der Waals surface area contributed by atoms with Gasteiger partial charge in [-0.05, 0) is 18.8 Å². The molecule has 18 heavy (non-hydrogen) atoms. The monoisotopic (exact) mass is 256 g/mol. The number of amides is 1. The van der Waals surface area contributed by atoms with Crippen molar-refractivity contribution in [1.29, 1.82) is 0 Å². The van der Waals surface area contributed by atoms with E-state index in [-0.39, 0.29) is 24.2 Å². The highest BCUT2D eigenvalue weighted by atomic mass is 16.5. The molecule has 0 aliphatic carbocycles. The van der Waals surface area contributed by atoms with Gasteiger partial charge in [0.25, 0.3) is 0 Å². The number of ether oxygens (including phenoxy) is 2. The second-order valence-electron chi connectivity index (χ2n) is 5.38. The van der Waals surface area contributed by atoms with Crippen molar-refractivity contribution in [3.05, 3.63) is 0 Å². The third-order valence-corrected chi connectivity index (χ3v) is 4.23. The van der Waals surface area contributed by atoms with Gasteiger partial charge in [0.05, 0.1) is 18.2 Å². The van der Waals surface area contributed by atoms with Crippen LogP contribution in [-0.4, -0.2) is 62.9 Å². The van der Waals surface area contributed by atoms with Crippen LogP contribution in [-0.2, 0) is 14.3 Å². The summed E-state index contributed by atoms with van der Waals surface area (Å²) >= 11 is 0. The third kappa shape index (κ3) is 2.84. The molecule has 2 aliphatic heterocycles. The number of carbonyl (C=O) groups is 1. The van der Waals surface area contributed by atoms with Gasteiger partial charge in [0.1, 0.15) is 0 Å². The number of methoxy groups -OCH3 is 2. The Hall–Kier alpha value is -0.650. The van der Waals surface area contributed by atoms with Crippen molar-refractivity contribution in [2.24, 2.45) is 5.92 Å². The summed E-state index contributed by atoms with van der Waals surface area (Å²) in [5, 5.41) is 3.24. The number of likely N-dealkylation sites (tertiary alicyclic amines) is 1. The van der Waals surface area contributed by atoms with Crippen molar-refractivity contribution < 1.29 is 14.3 Å². The molecule has 1 amide bonds. The van der Waals surface area contributed by atoms with E-state index in [4.69, 9.17) is 9.47 Å². The van der Waals surface area contributed by atoms with Crippen LogP contribution in [0.4, 0.5) is 0 Å². The van der Waals surface area contributed by atoms with E-state index in [0.717, 1.165) is 25.9 Å². The highest BCUT2D eigenvalue weighted by molar-refractivity contribution is 5.82. The van der Waals surface area contributed by atoms with Crippen LogP contribution in [0.5, 0.6) is 0 Å². The van der Waals surface area contributed by atoms with E-state index >= 15 is 0 Å². The molecule has 0 aromatic carbocycles. The van der Waals surface area contributed by atoms with Crippen LogP contribution < -0.4 is 5.32 Å². The molecule has 104 valence electrons. The van der Waals surface area contributed by atoms with E-state index in [0.29, 0.717) is 12.5 Å². The Bertz CT molecular complexity index is 298. The van der Waals surface area contributed by atoms with E-state index < -0.39 is 0 Å². The summed E-state index contributed by atoms with van der Waals surface area (Å²) < 4.78 is 10.7. The van der Waals surface area contributed by atoms with Gasteiger partial charge in [0, 0.05) is 33.9 Å². The van der Waals surface area contributed by atoms with Crippen LogP contribution >= 0.6 is 0 Å². The van der Waals surface area contributed by atoms with Gasteiger partial charge in [-0.1, -0.05) is 6.92 Å². The summed E-state index contributed by atoms with van der Waals surface area (Å²) in [5.74, 6) is 0.728. The molecule has 4 atom stereocenters. The molecular weight excluding hydrogens is 232 g/mol. The van der Waals surface area contributed by atoms with Crippen LogP contribution in [0.3, 0.4) is 0 Å². The van der Waals surface area contributed by atoms with Crippen molar-refractivity contribution in [3.63, 3.8) is 0 Å². The van der Waals surface area contributed by atoms with E-state index in [1.165, 1.54) is 0 Å². The lowest BCUT2D eigenvalue weighted by Crippen LogP contribution is -2.51. The van der Waals surface area contributed by atoms with Crippen molar-refractivity contribution in [3.8, 4) is 0 Å². The fourth-order valence-corrected chi connectivity index (χ4v) is 2.83. The maximum absolute atomic E-state index is 12.4. The summed E-state index contributed by atoms with van der Waals surface area (Å²) in [6, 6.07) is -0.0825. The first-order valence-corrected chi connectivity index (χ1v) is 6.73. The summed E-state index contributed by atoms with van der Waals surface area (Å²) in [6.45, 7) is 4.51. The summed E-state index contributed by atoms with van der Waals surface area (Å²) in [7, 11) is 3.42. The predicted octanol–water partition coefficient (Wildman–Crippen LogP) is 0.247. The SMILES string of the molecule is COC1CNC(C(=O)N2CCC(C)C(OC)C2)C1. The molecule has 0 radical (unpaired) electrons. The number of hydrogen-bond acceptors (Lipinski definition) is 4. The van der Waals surface area contributed by atoms with Crippen molar-refractivity contribution in [2.75, 3.05) is 33.9 Å². The van der Waals surface area contributed by atoms with E-state index in [2.05, 4.69) is 12.2 Å². The van der Waals surface area contributed by atoms with Crippen LogP contribution in [0.1, 0.15) is 19.8 Å². The Kier molecular flexibility index (Phi) is 4.59. The Morgan fingerprint density at radius 2 is 2.11 bits per heavy atom. The molecule has 1 N–H and O–H groups in total. The number of hydrogen-bond donors (Lipinski definition) is 1. The minimum absolute atomic E-state index is 0.0825. The molecule has 5 heteroatoms. The van der Waals surface area contributed by atoms with E-state index in [1.807, 2.05) is 4.90 Å². The second-order valence-corrected chi connectivity index (χ2v) is 5.38.